The third kappa shape index (κ3) is 6.11. The topological polar surface area (TPSA) is 118 Å². The SMILES string of the molecule is N#Cc1ccc(COc2nn(C3CCN(Cc4nc5ccc(C(=O)O)cc5n4C[C@@H]4CCO4)CC3)cc2C(F)(F)F)c(F)c1. The lowest BCUT2D eigenvalue weighted by molar-refractivity contribution is -0.139. The number of imidazole rings is 1. The van der Waals surface area contributed by atoms with Crippen LogP contribution in [-0.2, 0) is 30.6 Å². The summed E-state index contributed by atoms with van der Waals surface area (Å²) in [7, 11) is 0. The fraction of sp³-hybridized carbons (Fsp3) is 0.400. The van der Waals surface area contributed by atoms with E-state index in [1.807, 2.05) is 4.57 Å². The normalized spacial score (nSPS) is 17.8. The minimum atomic E-state index is -4.72. The number of carbonyl (C=O) groups is 1. The fourth-order valence-corrected chi connectivity index (χ4v) is 5.55. The molecular weight excluding hydrogens is 584 g/mol. The van der Waals surface area contributed by atoms with Crippen molar-refractivity contribution in [3.05, 3.63) is 76.5 Å². The molecule has 0 aliphatic carbocycles. The number of likely N-dealkylation sites (tertiary alicyclic amines) is 1. The van der Waals surface area contributed by atoms with Gasteiger partial charge in [-0.15, -0.1) is 5.10 Å². The summed E-state index contributed by atoms with van der Waals surface area (Å²) in [6, 6.07) is 9.99. The number of nitrogens with zero attached hydrogens (tertiary/aromatic N) is 6. The maximum Gasteiger partial charge on any atom is 0.423 e. The van der Waals surface area contributed by atoms with Gasteiger partial charge >= 0.3 is 12.1 Å². The van der Waals surface area contributed by atoms with Gasteiger partial charge in [0.25, 0.3) is 0 Å². The van der Waals surface area contributed by atoms with Gasteiger partial charge < -0.3 is 19.1 Å². The molecule has 2 saturated heterocycles. The highest BCUT2D eigenvalue weighted by Gasteiger charge is 2.38. The van der Waals surface area contributed by atoms with Crippen molar-refractivity contribution in [1.29, 1.82) is 5.26 Å². The van der Waals surface area contributed by atoms with Crippen molar-refractivity contribution in [3.63, 3.8) is 0 Å². The molecule has 0 saturated carbocycles. The van der Waals surface area contributed by atoms with E-state index >= 15 is 0 Å². The first kappa shape index (κ1) is 29.6. The molecule has 10 nitrogen and oxygen atoms in total. The van der Waals surface area contributed by atoms with Crippen molar-refractivity contribution in [2.45, 2.75) is 57.3 Å². The van der Waals surface area contributed by atoms with Crippen molar-refractivity contribution < 1.29 is 36.9 Å². The van der Waals surface area contributed by atoms with Gasteiger partial charge in [0.15, 0.2) is 0 Å². The Labute approximate surface area is 249 Å². The van der Waals surface area contributed by atoms with Crippen molar-refractivity contribution >= 4 is 17.0 Å². The summed E-state index contributed by atoms with van der Waals surface area (Å²) in [6.07, 6.45) is -1.81. The lowest BCUT2D eigenvalue weighted by Gasteiger charge is -2.32. The summed E-state index contributed by atoms with van der Waals surface area (Å²) < 4.78 is 70.1. The van der Waals surface area contributed by atoms with E-state index in [9.17, 15) is 27.5 Å². The van der Waals surface area contributed by atoms with Gasteiger partial charge in [-0.25, -0.2) is 14.2 Å². The smallest absolute Gasteiger partial charge is 0.423 e. The summed E-state index contributed by atoms with van der Waals surface area (Å²) in [5.41, 5.74) is 0.632. The Bertz CT molecular complexity index is 1730. The standard InChI is InChI=1S/C30H28F4N6O4/c31-24-11-18(13-35)1-2-20(24)17-44-28-23(30(32,33)34)15-40(37-28)21-5-8-38(9-6-21)16-27-36-25-4-3-19(29(41)42)12-26(25)39(27)14-22-7-10-43-22/h1-4,11-12,15,21-22H,5-10,14,16-17H2,(H,41,42)/t22-/m0/s1. The average Bonchev–Trinajstić information content (AvgIpc) is 3.55. The number of hydrogen-bond donors (Lipinski definition) is 1. The maximum atomic E-state index is 14.3. The number of aromatic carboxylic acids is 1. The molecule has 0 bridgehead atoms. The molecule has 1 N–H and O–H groups in total. The van der Waals surface area contributed by atoms with Crippen LogP contribution in [0.15, 0.2) is 42.6 Å². The number of nitriles is 1. The minimum absolute atomic E-state index is 0.00839. The number of alkyl halides is 3. The van der Waals surface area contributed by atoms with E-state index in [1.54, 1.807) is 18.2 Å². The van der Waals surface area contributed by atoms with E-state index in [1.165, 1.54) is 22.9 Å². The van der Waals surface area contributed by atoms with E-state index in [0.717, 1.165) is 30.0 Å². The first-order chi connectivity index (χ1) is 21.1. The summed E-state index contributed by atoms with van der Waals surface area (Å²) >= 11 is 0. The second-order valence-electron chi connectivity index (χ2n) is 11.0. The van der Waals surface area contributed by atoms with Crippen LogP contribution in [-0.4, -0.2) is 61.1 Å². The molecule has 0 spiro atoms. The summed E-state index contributed by atoms with van der Waals surface area (Å²) in [5, 5.41) is 22.5. The second-order valence-corrected chi connectivity index (χ2v) is 11.0. The van der Waals surface area contributed by atoms with Crippen LogP contribution in [0.5, 0.6) is 5.88 Å². The Morgan fingerprint density at radius 3 is 2.57 bits per heavy atom. The summed E-state index contributed by atoms with van der Waals surface area (Å²) in [4.78, 5) is 18.5. The Morgan fingerprint density at radius 2 is 1.93 bits per heavy atom. The molecule has 2 fully saturated rings. The summed E-state index contributed by atoms with van der Waals surface area (Å²) in [5.74, 6) is -1.64. The number of rotatable bonds is 9. The molecule has 14 heteroatoms. The van der Waals surface area contributed by atoms with Crippen molar-refractivity contribution in [2.24, 2.45) is 0 Å². The van der Waals surface area contributed by atoms with E-state index in [2.05, 4.69) is 10.00 Å². The van der Waals surface area contributed by atoms with Gasteiger partial charge in [-0.05, 0) is 49.6 Å². The van der Waals surface area contributed by atoms with Gasteiger partial charge in [0.1, 0.15) is 23.8 Å². The molecule has 44 heavy (non-hydrogen) atoms. The molecule has 2 aliphatic rings. The molecule has 0 radical (unpaired) electrons. The quantitative estimate of drug-likeness (QED) is 0.258. The van der Waals surface area contributed by atoms with Crippen LogP contribution < -0.4 is 4.74 Å². The van der Waals surface area contributed by atoms with Crippen LogP contribution >= 0.6 is 0 Å². The lowest BCUT2D eigenvalue weighted by atomic mass is 10.1. The molecule has 0 amide bonds. The number of halogens is 4. The van der Waals surface area contributed by atoms with Crippen LogP contribution in [0.2, 0.25) is 0 Å². The molecule has 2 aromatic carbocycles. The van der Waals surface area contributed by atoms with E-state index in [0.29, 0.717) is 51.1 Å². The van der Waals surface area contributed by atoms with Gasteiger partial charge in [-0.3, -0.25) is 9.58 Å². The number of carboxylic acids is 1. The Kier molecular flexibility index (Phi) is 8.00. The zero-order valence-electron chi connectivity index (χ0n) is 23.4. The van der Waals surface area contributed by atoms with Crippen molar-refractivity contribution in [2.75, 3.05) is 19.7 Å². The number of ether oxygens (including phenoxy) is 2. The van der Waals surface area contributed by atoms with Crippen LogP contribution in [0.4, 0.5) is 17.6 Å². The second kappa shape index (κ2) is 11.9. The third-order valence-corrected chi connectivity index (χ3v) is 8.10. The molecule has 4 aromatic rings. The zero-order chi connectivity index (χ0) is 31.0. The predicted molar refractivity (Wildman–Crippen MR) is 147 cm³/mol. The highest BCUT2D eigenvalue weighted by Crippen LogP contribution is 2.38. The fourth-order valence-electron chi connectivity index (χ4n) is 5.55. The van der Waals surface area contributed by atoms with E-state index in [4.69, 9.17) is 19.7 Å². The Morgan fingerprint density at radius 1 is 1.16 bits per heavy atom. The van der Waals surface area contributed by atoms with Gasteiger partial charge in [-0.2, -0.15) is 18.4 Å². The highest BCUT2D eigenvalue weighted by molar-refractivity contribution is 5.92. The number of hydrogen-bond acceptors (Lipinski definition) is 7. The Hall–Kier alpha value is -4.48. The minimum Gasteiger partial charge on any atom is -0.478 e. The van der Waals surface area contributed by atoms with Crippen LogP contribution in [0.1, 0.15) is 58.2 Å². The number of fused-ring (bicyclic) bond motifs is 1. The molecule has 4 heterocycles. The number of benzene rings is 2. The van der Waals surface area contributed by atoms with Crippen molar-refractivity contribution in [1.82, 2.24) is 24.2 Å². The van der Waals surface area contributed by atoms with Gasteiger partial charge in [0, 0.05) is 31.5 Å². The Balaban J connectivity index is 1.15. The zero-order valence-corrected chi connectivity index (χ0v) is 23.4. The van der Waals surface area contributed by atoms with Gasteiger partial charge in [0.05, 0.1) is 53.5 Å². The molecule has 0 unspecified atom stereocenters. The largest absolute Gasteiger partial charge is 0.478 e. The average molecular weight is 613 g/mol. The predicted octanol–water partition coefficient (Wildman–Crippen LogP) is 5.17. The van der Waals surface area contributed by atoms with E-state index < -0.39 is 36.0 Å². The van der Waals surface area contributed by atoms with Crippen LogP contribution in [0.25, 0.3) is 11.0 Å². The number of aromatic nitrogens is 4. The molecule has 1 atom stereocenters. The number of piperidine rings is 1. The van der Waals surface area contributed by atoms with E-state index in [-0.39, 0.29) is 28.8 Å². The van der Waals surface area contributed by atoms with Crippen molar-refractivity contribution in [3.8, 4) is 11.9 Å². The maximum absolute atomic E-state index is 14.3. The summed E-state index contributed by atoms with van der Waals surface area (Å²) in [6.45, 7) is 2.38. The third-order valence-electron chi connectivity index (χ3n) is 8.10. The molecular formula is C30H28F4N6O4. The van der Waals surface area contributed by atoms with Crippen LogP contribution in [0.3, 0.4) is 0 Å². The molecule has 2 aromatic heterocycles. The lowest BCUT2D eigenvalue weighted by Crippen LogP contribution is -2.36. The highest BCUT2D eigenvalue weighted by atomic mass is 19.4. The van der Waals surface area contributed by atoms with Gasteiger partial charge in [0.2, 0.25) is 5.88 Å². The molecule has 230 valence electrons. The first-order valence-corrected chi connectivity index (χ1v) is 14.1. The molecule has 2 aliphatic heterocycles. The first-order valence-electron chi connectivity index (χ1n) is 14.1. The number of carboxylic acid groups (broad SMARTS) is 1. The monoisotopic (exact) mass is 612 g/mol. The van der Waals surface area contributed by atoms with Gasteiger partial charge in [-0.1, -0.05) is 6.07 Å². The van der Waals surface area contributed by atoms with Crippen LogP contribution in [0, 0.1) is 17.1 Å². The molecule has 6 rings (SSSR count).